The fourth-order valence-corrected chi connectivity index (χ4v) is 6.48. The Morgan fingerprint density at radius 1 is 0.714 bits per heavy atom. The zero-order valence-corrected chi connectivity index (χ0v) is 21.8. The number of hydrogen-bond donors (Lipinski definition) is 0. The Hall–Kier alpha value is -2.60. The Labute approximate surface area is 213 Å². The van der Waals surface area contributed by atoms with Gasteiger partial charge in [0.15, 0.2) is 0 Å². The second-order valence-corrected chi connectivity index (χ2v) is 11.0. The molecule has 0 amide bonds. The van der Waals surface area contributed by atoms with E-state index in [1.807, 2.05) is 0 Å². The molecule has 0 heterocycles. The van der Waals surface area contributed by atoms with Gasteiger partial charge in [-0.25, -0.2) is 0 Å². The normalized spacial score (nSPS) is 22.3. The van der Waals surface area contributed by atoms with E-state index in [0.717, 1.165) is 18.3 Å². The second kappa shape index (κ2) is 11.4. The molecular weight excluding hydrogens is 420 g/mol. The molecule has 2 aliphatic rings. The summed E-state index contributed by atoms with van der Waals surface area (Å²) in [6, 6.07) is 26.1. The minimum atomic E-state index is 0.664. The van der Waals surface area contributed by atoms with E-state index in [1.54, 1.807) is 16.7 Å². The fourth-order valence-electron chi connectivity index (χ4n) is 6.48. The molecule has 1 saturated carbocycles. The van der Waals surface area contributed by atoms with Gasteiger partial charge in [-0.05, 0) is 128 Å². The van der Waals surface area contributed by atoms with Crippen molar-refractivity contribution < 1.29 is 0 Å². The zero-order chi connectivity index (χ0) is 24.0. The van der Waals surface area contributed by atoms with E-state index < -0.39 is 0 Å². The Morgan fingerprint density at radius 3 is 2.11 bits per heavy atom. The molecule has 1 atom stereocenters. The highest BCUT2D eigenvalue weighted by molar-refractivity contribution is 5.65. The van der Waals surface area contributed by atoms with E-state index in [-0.39, 0.29) is 0 Å². The van der Waals surface area contributed by atoms with E-state index in [2.05, 4.69) is 92.7 Å². The van der Waals surface area contributed by atoms with Gasteiger partial charge in [0.25, 0.3) is 0 Å². The summed E-state index contributed by atoms with van der Waals surface area (Å²) in [5.74, 6) is 2.36. The highest BCUT2D eigenvalue weighted by atomic mass is 14.3. The maximum Gasteiger partial charge on any atom is -0.0118 e. The summed E-state index contributed by atoms with van der Waals surface area (Å²) in [5.41, 5.74) is 10.4. The summed E-state index contributed by atoms with van der Waals surface area (Å²) in [7, 11) is 0. The van der Waals surface area contributed by atoms with Crippen molar-refractivity contribution in [2.24, 2.45) is 5.92 Å². The predicted molar refractivity (Wildman–Crippen MR) is 151 cm³/mol. The van der Waals surface area contributed by atoms with Crippen LogP contribution in [0.5, 0.6) is 0 Å². The molecule has 0 bridgehead atoms. The number of allylic oxidation sites excluding steroid dienone is 2. The molecule has 0 heteroatoms. The van der Waals surface area contributed by atoms with Gasteiger partial charge in [0.2, 0.25) is 0 Å². The van der Waals surface area contributed by atoms with Crippen LogP contribution in [0, 0.1) is 5.92 Å². The first kappa shape index (κ1) is 24.1. The third-order valence-electron chi connectivity index (χ3n) is 8.83. The molecule has 3 aromatic carbocycles. The zero-order valence-electron chi connectivity index (χ0n) is 21.8. The van der Waals surface area contributed by atoms with Crippen molar-refractivity contribution in [2.75, 3.05) is 0 Å². The molecule has 182 valence electrons. The summed E-state index contributed by atoms with van der Waals surface area (Å²) in [5, 5.41) is 0. The van der Waals surface area contributed by atoms with Crippen LogP contribution in [0.4, 0.5) is 0 Å². The van der Waals surface area contributed by atoms with E-state index >= 15 is 0 Å². The smallest absolute Gasteiger partial charge is 0.0118 e. The van der Waals surface area contributed by atoms with Gasteiger partial charge in [0, 0.05) is 0 Å². The van der Waals surface area contributed by atoms with Crippen molar-refractivity contribution in [3.05, 3.63) is 107 Å². The van der Waals surface area contributed by atoms with Crippen molar-refractivity contribution in [1.82, 2.24) is 0 Å². The molecule has 0 spiro atoms. The average molecular weight is 463 g/mol. The molecular formula is C35H42. The number of hydrogen-bond acceptors (Lipinski definition) is 0. The standard InChI is InChI=1S/C35H42/c1-3-5-6-7-27-10-14-28(15-11-27)29-16-18-31(19-17-29)33-21-23-34-24-32(20-22-35(34)25-33)30-12-8-26(4-2)9-13-30/h3,5,8-9,12-13,16-19,21,23,25,27-28,32H,4,6-7,10-11,14-15,20,22,24H2,1-2H3/b5-3+. The van der Waals surface area contributed by atoms with E-state index in [9.17, 15) is 0 Å². The van der Waals surface area contributed by atoms with Crippen LogP contribution < -0.4 is 0 Å². The first-order valence-corrected chi connectivity index (χ1v) is 14.2. The van der Waals surface area contributed by atoms with Crippen LogP contribution in [0.25, 0.3) is 11.1 Å². The predicted octanol–water partition coefficient (Wildman–Crippen LogP) is 9.82. The quantitative estimate of drug-likeness (QED) is 0.306. The number of rotatable bonds is 7. The molecule has 0 nitrogen and oxygen atoms in total. The van der Waals surface area contributed by atoms with Gasteiger partial charge in [-0.2, -0.15) is 0 Å². The Bertz CT molecular complexity index is 1110. The topological polar surface area (TPSA) is 0 Å². The monoisotopic (exact) mass is 462 g/mol. The minimum Gasteiger partial charge on any atom is -0.0917 e. The second-order valence-electron chi connectivity index (χ2n) is 11.0. The van der Waals surface area contributed by atoms with Gasteiger partial charge in [-0.15, -0.1) is 0 Å². The van der Waals surface area contributed by atoms with Crippen molar-refractivity contribution >= 4 is 0 Å². The molecule has 0 aromatic heterocycles. The summed E-state index contributed by atoms with van der Waals surface area (Å²) >= 11 is 0. The molecule has 0 aliphatic heterocycles. The third kappa shape index (κ3) is 5.80. The molecule has 5 rings (SSSR count). The Morgan fingerprint density at radius 2 is 1.40 bits per heavy atom. The van der Waals surface area contributed by atoms with Gasteiger partial charge in [0.1, 0.15) is 0 Å². The van der Waals surface area contributed by atoms with Crippen LogP contribution in [0.3, 0.4) is 0 Å². The van der Waals surface area contributed by atoms with Gasteiger partial charge in [-0.3, -0.25) is 0 Å². The lowest BCUT2D eigenvalue weighted by molar-refractivity contribution is 0.312. The molecule has 1 unspecified atom stereocenters. The summed E-state index contributed by atoms with van der Waals surface area (Å²) < 4.78 is 0. The van der Waals surface area contributed by atoms with Gasteiger partial charge >= 0.3 is 0 Å². The molecule has 2 aliphatic carbocycles. The Kier molecular flexibility index (Phi) is 7.87. The lowest BCUT2D eigenvalue weighted by Gasteiger charge is -2.29. The maximum atomic E-state index is 2.47. The lowest BCUT2D eigenvalue weighted by Crippen LogP contribution is -2.13. The first-order chi connectivity index (χ1) is 17.2. The SMILES string of the molecule is C/C=C/CCC1CCC(c2ccc(-c3ccc4c(c3)CCC(c3ccc(CC)cc3)C4)cc2)CC1. The van der Waals surface area contributed by atoms with E-state index in [0.29, 0.717) is 5.92 Å². The lowest BCUT2D eigenvalue weighted by atomic mass is 9.77. The highest BCUT2D eigenvalue weighted by Crippen LogP contribution is 2.39. The van der Waals surface area contributed by atoms with Crippen molar-refractivity contribution in [1.29, 1.82) is 0 Å². The molecule has 3 aromatic rings. The minimum absolute atomic E-state index is 0.664. The van der Waals surface area contributed by atoms with Gasteiger partial charge < -0.3 is 0 Å². The molecule has 0 radical (unpaired) electrons. The Balaban J connectivity index is 1.21. The molecule has 35 heavy (non-hydrogen) atoms. The maximum absolute atomic E-state index is 2.47. The van der Waals surface area contributed by atoms with Crippen LogP contribution in [0.2, 0.25) is 0 Å². The summed E-state index contributed by atoms with van der Waals surface area (Å²) in [6.07, 6.45) is 17.4. The van der Waals surface area contributed by atoms with Crippen molar-refractivity contribution in [2.45, 2.75) is 89.9 Å². The summed E-state index contributed by atoms with van der Waals surface area (Å²) in [6.45, 7) is 4.36. The summed E-state index contributed by atoms with van der Waals surface area (Å²) in [4.78, 5) is 0. The van der Waals surface area contributed by atoms with Crippen molar-refractivity contribution in [3.8, 4) is 11.1 Å². The number of benzene rings is 3. The largest absolute Gasteiger partial charge is 0.0917 e. The molecule has 0 N–H and O–H groups in total. The van der Waals surface area contributed by atoms with E-state index in [1.165, 1.54) is 80.0 Å². The molecule has 0 saturated heterocycles. The van der Waals surface area contributed by atoms with Crippen molar-refractivity contribution in [3.63, 3.8) is 0 Å². The average Bonchev–Trinajstić information content (AvgIpc) is 2.93. The highest BCUT2D eigenvalue weighted by Gasteiger charge is 2.23. The van der Waals surface area contributed by atoms with Gasteiger partial charge in [0.05, 0.1) is 0 Å². The van der Waals surface area contributed by atoms with E-state index in [4.69, 9.17) is 0 Å². The van der Waals surface area contributed by atoms with Crippen LogP contribution in [0.15, 0.2) is 78.9 Å². The number of aryl methyl sites for hydroxylation is 2. The van der Waals surface area contributed by atoms with Crippen LogP contribution >= 0.6 is 0 Å². The van der Waals surface area contributed by atoms with Crippen LogP contribution in [-0.4, -0.2) is 0 Å². The fraction of sp³-hybridized carbons (Fsp3) is 0.429. The molecule has 1 fully saturated rings. The number of fused-ring (bicyclic) bond motifs is 1. The van der Waals surface area contributed by atoms with Gasteiger partial charge in [-0.1, -0.05) is 85.8 Å². The van der Waals surface area contributed by atoms with Crippen LogP contribution in [-0.2, 0) is 19.3 Å². The third-order valence-corrected chi connectivity index (χ3v) is 8.83. The first-order valence-electron chi connectivity index (χ1n) is 14.2. The van der Waals surface area contributed by atoms with Crippen LogP contribution in [0.1, 0.15) is 98.4 Å².